The largest absolute Gasteiger partial charge is 0.504 e. The molecule has 1 amide bonds. The normalized spacial score (nSPS) is 16.2. The van der Waals surface area contributed by atoms with E-state index in [0.29, 0.717) is 17.7 Å². The van der Waals surface area contributed by atoms with Crippen LogP contribution in [0.2, 0.25) is 0 Å². The molecule has 3 aromatic rings. The Balaban J connectivity index is 1.78. The van der Waals surface area contributed by atoms with Gasteiger partial charge in [-0.15, -0.1) is 0 Å². The second-order valence-electron chi connectivity index (χ2n) is 7.78. The number of benzene rings is 2. The number of methoxy groups -OCH3 is 1. The highest BCUT2D eigenvalue weighted by molar-refractivity contribution is 6.16. The molecule has 0 spiro atoms. The van der Waals surface area contributed by atoms with E-state index in [4.69, 9.17) is 9.15 Å². The molecular weight excluding hydrogens is 410 g/mol. The predicted octanol–water partition coefficient (Wildman–Crippen LogP) is 4.92. The van der Waals surface area contributed by atoms with Crippen molar-refractivity contribution in [2.45, 2.75) is 32.2 Å². The number of Topliss-reactive ketones (excluding diaryl/α,β-unsaturated/α-hetero) is 1. The lowest BCUT2D eigenvalue weighted by atomic mass is 9.94. The summed E-state index contributed by atoms with van der Waals surface area (Å²) in [6, 6.07) is 12.6. The second kappa shape index (κ2) is 8.78. The van der Waals surface area contributed by atoms with Gasteiger partial charge in [-0.3, -0.25) is 9.59 Å². The van der Waals surface area contributed by atoms with Crippen molar-refractivity contribution in [3.63, 3.8) is 0 Å². The van der Waals surface area contributed by atoms with Crippen LogP contribution in [0.4, 0.5) is 0 Å². The number of rotatable bonds is 8. The van der Waals surface area contributed by atoms with Gasteiger partial charge in [-0.1, -0.05) is 44.0 Å². The summed E-state index contributed by atoms with van der Waals surface area (Å²) < 4.78 is 10.8. The zero-order valence-corrected chi connectivity index (χ0v) is 18.0. The Kier molecular flexibility index (Phi) is 5.90. The summed E-state index contributed by atoms with van der Waals surface area (Å²) in [6.07, 6.45) is 2.58. The molecular formula is C25H25NO6. The fourth-order valence-corrected chi connectivity index (χ4v) is 4.10. The predicted molar refractivity (Wildman–Crippen MR) is 119 cm³/mol. The van der Waals surface area contributed by atoms with E-state index in [1.54, 1.807) is 30.3 Å². The number of aliphatic hydroxyl groups is 1. The molecule has 7 heteroatoms. The molecule has 0 aliphatic carbocycles. The van der Waals surface area contributed by atoms with Crippen LogP contribution in [0.15, 0.2) is 64.3 Å². The minimum Gasteiger partial charge on any atom is -0.504 e. The van der Waals surface area contributed by atoms with Crippen molar-refractivity contribution in [1.29, 1.82) is 0 Å². The van der Waals surface area contributed by atoms with Crippen LogP contribution in [0.25, 0.3) is 11.0 Å². The lowest BCUT2D eigenvalue weighted by Crippen LogP contribution is -2.32. The second-order valence-corrected chi connectivity index (χ2v) is 7.78. The average Bonchev–Trinajstić information content (AvgIpc) is 3.33. The molecule has 7 nitrogen and oxygen atoms in total. The van der Waals surface area contributed by atoms with Crippen molar-refractivity contribution in [1.82, 2.24) is 4.90 Å². The van der Waals surface area contributed by atoms with Crippen LogP contribution in [-0.2, 0) is 4.79 Å². The van der Waals surface area contributed by atoms with Crippen molar-refractivity contribution >= 4 is 22.7 Å². The number of para-hydroxylation sites is 1. The molecule has 4 rings (SSSR count). The third-order valence-electron chi connectivity index (χ3n) is 5.72. The Morgan fingerprint density at radius 2 is 1.91 bits per heavy atom. The van der Waals surface area contributed by atoms with Gasteiger partial charge >= 0.3 is 0 Å². The molecule has 1 aliphatic heterocycles. The van der Waals surface area contributed by atoms with Crippen LogP contribution in [0.1, 0.15) is 48.3 Å². The maximum Gasteiger partial charge on any atom is 0.290 e. The maximum absolute atomic E-state index is 13.5. The third-order valence-corrected chi connectivity index (χ3v) is 5.72. The monoisotopic (exact) mass is 435 g/mol. The van der Waals surface area contributed by atoms with E-state index < -0.39 is 23.5 Å². The third kappa shape index (κ3) is 3.70. The van der Waals surface area contributed by atoms with Gasteiger partial charge in [-0.25, -0.2) is 0 Å². The molecule has 0 bridgehead atoms. The number of hydrogen-bond acceptors (Lipinski definition) is 6. The van der Waals surface area contributed by atoms with Gasteiger partial charge in [0.05, 0.1) is 18.7 Å². The molecule has 1 unspecified atom stereocenters. The molecule has 2 aromatic carbocycles. The Morgan fingerprint density at radius 1 is 1.12 bits per heavy atom. The molecule has 2 N–H and O–H groups in total. The summed E-state index contributed by atoms with van der Waals surface area (Å²) in [5.41, 5.74) is 0.977. The van der Waals surface area contributed by atoms with Crippen molar-refractivity contribution < 1.29 is 29.0 Å². The number of carbonyl (C=O) groups excluding carboxylic acids is 2. The number of phenolic OH excluding ortho intramolecular Hbond substituents is 1. The first-order valence-electron chi connectivity index (χ1n) is 10.6. The van der Waals surface area contributed by atoms with E-state index in [2.05, 4.69) is 6.92 Å². The molecule has 0 saturated carbocycles. The number of nitrogens with zero attached hydrogens (tertiary/aromatic N) is 1. The van der Waals surface area contributed by atoms with Gasteiger partial charge < -0.3 is 24.3 Å². The van der Waals surface area contributed by atoms with Crippen molar-refractivity contribution in [2.75, 3.05) is 13.7 Å². The number of amides is 1. The number of phenols is 1. The Labute approximate surface area is 185 Å². The van der Waals surface area contributed by atoms with E-state index in [0.717, 1.165) is 24.6 Å². The maximum atomic E-state index is 13.5. The van der Waals surface area contributed by atoms with Crippen LogP contribution >= 0.6 is 0 Å². The number of carbonyl (C=O) groups is 2. The summed E-state index contributed by atoms with van der Waals surface area (Å²) in [4.78, 5) is 27.9. The molecule has 1 aliphatic rings. The van der Waals surface area contributed by atoms with Gasteiger partial charge in [0.1, 0.15) is 5.58 Å². The van der Waals surface area contributed by atoms with Gasteiger partial charge in [-0.05, 0) is 36.2 Å². The summed E-state index contributed by atoms with van der Waals surface area (Å²) >= 11 is 0. The highest BCUT2D eigenvalue weighted by Crippen LogP contribution is 2.42. The lowest BCUT2D eigenvalue weighted by molar-refractivity contribution is -0.129. The molecule has 1 atom stereocenters. The molecule has 0 radical (unpaired) electrons. The number of unbranched alkanes of at least 4 members (excludes halogenated alkanes) is 2. The standard InChI is InChI=1S/C25H25NO6/c1-3-4-7-12-26-22(16-10-11-19(31-2)17(27)13-16)21(24(29)25(26)30)23(28)20-14-15-8-5-6-9-18(15)32-20/h5-6,8-11,13-14,22,27,29H,3-4,7,12H2,1-2H3. The van der Waals surface area contributed by atoms with Crippen molar-refractivity contribution in [2.24, 2.45) is 0 Å². The first-order chi connectivity index (χ1) is 15.5. The SMILES string of the molecule is CCCCCN1C(=O)C(O)=C(C(=O)c2cc3ccccc3o2)C1c1ccc(OC)c(O)c1. The van der Waals surface area contributed by atoms with Gasteiger partial charge in [0.25, 0.3) is 5.91 Å². The Bertz CT molecular complexity index is 1180. The van der Waals surface area contributed by atoms with E-state index in [1.807, 2.05) is 12.1 Å². The summed E-state index contributed by atoms with van der Waals surface area (Å²) in [5.74, 6) is -1.57. The van der Waals surface area contributed by atoms with E-state index >= 15 is 0 Å². The quantitative estimate of drug-likeness (QED) is 0.385. The van der Waals surface area contributed by atoms with E-state index in [-0.39, 0.29) is 22.8 Å². The van der Waals surface area contributed by atoms with E-state index in [9.17, 15) is 19.8 Å². The number of hydrogen-bond donors (Lipinski definition) is 2. The minimum absolute atomic E-state index is 0.0405. The summed E-state index contributed by atoms with van der Waals surface area (Å²) in [6.45, 7) is 2.42. The zero-order chi connectivity index (χ0) is 22.8. The highest BCUT2D eigenvalue weighted by atomic mass is 16.5. The van der Waals surface area contributed by atoms with Crippen molar-refractivity contribution in [3.05, 3.63) is 71.2 Å². The van der Waals surface area contributed by atoms with Gasteiger partial charge in [0.15, 0.2) is 23.0 Å². The lowest BCUT2D eigenvalue weighted by Gasteiger charge is -2.27. The fraction of sp³-hybridized carbons (Fsp3) is 0.280. The molecule has 32 heavy (non-hydrogen) atoms. The van der Waals surface area contributed by atoms with E-state index in [1.165, 1.54) is 18.1 Å². The topological polar surface area (TPSA) is 100 Å². The van der Waals surface area contributed by atoms with Gasteiger partial charge in [0.2, 0.25) is 5.78 Å². The molecule has 0 saturated heterocycles. The average molecular weight is 435 g/mol. The first-order valence-corrected chi connectivity index (χ1v) is 10.6. The number of aliphatic hydroxyl groups excluding tert-OH is 1. The number of ether oxygens (including phenoxy) is 1. The molecule has 0 fully saturated rings. The fourth-order valence-electron chi connectivity index (χ4n) is 4.10. The minimum atomic E-state index is -0.850. The van der Waals surface area contributed by atoms with Crippen LogP contribution in [0.3, 0.4) is 0 Å². The number of aromatic hydroxyl groups is 1. The number of furan rings is 1. The van der Waals surface area contributed by atoms with Crippen LogP contribution in [0.5, 0.6) is 11.5 Å². The number of fused-ring (bicyclic) bond motifs is 1. The molecule has 2 heterocycles. The Hall–Kier alpha value is -3.74. The van der Waals surface area contributed by atoms with Crippen LogP contribution in [0, 0.1) is 0 Å². The first kappa shape index (κ1) is 21.5. The van der Waals surface area contributed by atoms with Crippen molar-refractivity contribution in [3.8, 4) is 11.5 Å². The number of ketones is 1. The van der Waals surface area contributed by atoms with Crippen LogP contribution < -0.4 is 4.74 Å². The van der Waals surface area contributed by atoms with Crippen LogP contribution in [-0.4, -0.2) is 40.5 Å². The van der Waals surface area contributed by atoms with Gasteiger partial charge in [-0.2, -0.15) is 0 Å². The molecule has 166 valence electrons. The highest BCUT2D eigenvalue weighted by Gasteiger charge is 2.44. The smallest absolute Gasteiger partial charge is 0.290 e. The zero-order valence-electron chi connectivity index (χ0n) is 18.0. The molecule has 1 aromatic heterocycles. The Morgan fingerprint density at radius 3 is 2.59 bits per heavy atom. The van der Waals surface area contributed by atoms with Gasteiger partial charge in [0, 0.05) is 11.9 Å². The summed E-state index contributed by atoms with van der Waals surface area (Å²) in [5, 5.41) is 21.8. The summed E-state index contributed by atoms with van der Waals surface area (Å²) in [7, 11) is 1.44.